The average molecular weight is 777 g/mol. The van der Waals surface area contributed by atoms with Gasteiger partial charge in [-0.2, -0.15) is 0 Å². The van der Waals surface area contributed by atoms with Crippen molar-refractivity contribution in [3.05, 3.63) is 12.4 Å². The Kier molecular flexibility index (Phi) is 18.1. The summed E-state index contributed by atoms with van der Waals surface area (Å²) in [7, 11) is -4.38. The lowest BCUT2D eigenvalue weighted by Crippen LogP contribution is -2.47. The van der Waals surface area contributed by atoms with Crippen LogP contribution in [-0.2, 0) is 9.13 Å². The maximum absolute atomic E-state index is 16.1. The maximum atomic E-state index is 16.1. The molecule has 0 spiro atoms. The maximum Gasteiger partial charge on any atom is 0.369 e. The highest BCUT2D eigenvalue weighted by Crippen LogP contribution is 2.64. The Labute approximate surface area is 323 Å². The normalized spacial score (nSPS) is 24.7. The Morgan fingerprint density at radius 2 is 1.04 bits per heavy atom. The van der Waals surface area contributed by atoms with Gasteiger partial charge in [-0.25, -0.2) is 4.99 Å². The molecule has 5 saturated carbocycles. The molecule has 0 saturated heterocycles. The molecule has 5 aliphatic rings. The molecule has 5 rings (SSSR count). The van der Waals surface area contributed by atoms with Crippen LogP contribution in [0, 0.1) is 0 Å². The number of amidine groups is 1. The second-order valence-electron chi connectivity index (χ2n) is 18.4. The van der Waals surface area contributed by atoms with E-state index in [-0.39, 0.29) is 13.6 Å². The number of hydrogen-bond acceptors (Lipinski definition) is 4. The molecule has 5 nitrogen and oxygen atoms in total. The van der Waals surface area contributed by atoms with Gasteiger partial charge in [0.15, 0.2) is 5.66 Å². The summed E-state index contributed by atoms with van der Waals surface area (Å²) in [6, 6.07) is 0. The highest BCUT2D eigenvalue weighted by Gasteiger charge is 2.53. The summed E-state index contributed by atoms with van der Waals surface area (Å²) in [5, 5.41) is 3.23. The van der Waals surface area contributed by atoms with Crippen molar-refractivity contribution in [2.45, 2.75) is 247 Å². The molecule has 0 heterocycles. The Balaban J connectivity index is 1.43. The van der Waals surface area contributed by atoms with Crippen molar-refractivity contribution in [3.63, 3.8) is 0 Å². The van der Waals surface area contributed by atoms with Gasteiger partial charge in [-0.05, 0) is 95.3 Å². The molecule has 8 heteroatoms. The Morgan fingerprint density at radius 1 is 0.673 bits per heavy atom. The molecule has 5 aliphatic carbocycles. The number of aliphatic imine (C=N–C) groups is 1. The van der Waals surface area contributed by atoms with E-state index in [1.54, 1.807) is 0 Å². The molecule has 5 fully saturated rings. The van der Waals surface area contributed by atoms with Crippen LogP contribution in [0.25, 0.3) is 0 Å². The predicted molar refractivity (Wildman–Crippen MR) is 231 cm³/mol. The molecular weight excluding hydrogens is 695 g/mol. The molecule has 52 heavy (non-hydrogen) atoms. The molecule has 1 N–H and O–H groups in total. The van der Waals surface area contributed by atoms with Crippen molar-refractivity contribution >= 4 is 28.7 Å². The van der Waals surface area contributed by atoms with E-state index in [9.17, 15) is 4.57 Å². The summed E-state index contributed by atoms with van der Waals surface area (Å²) in [5.74, 6) is 1.65. The lowest BCUT2D eigenvalue weighted by molar-refractivity contribution is 0.325. The zero-order valence-corrected chi connectivity index (χ0v) is 37.0. The van der Waals surface area contributed by atoms with Crippen LogP contribution in [-0.4, -0.2) is 56.9 Å². The van der Waals surface area contributed by atoms with Crippen LogP contribution in [0.5, 0.6) is 0 Å². The second-order valence-corrected chi connectivity index (χ2v) is 27.2. The van der Waals surface area contributed by atoms with Crippen LogP contribution in [0.15, 0.2) is 17.4 Å². The Hall–Kier alpha value is -0.230. The van der Waals surface area contributed by atoms with Crippen molar-refractivity contribution in [1.29, 1.82) is 0 Å². The number of nitrogens with one attached hydrogen (secondary N) is 1. The Morgan fingerprint density at radius 3 is 1.44 bits per heavy atom. The third kappa shape index (κ3) is 12.1. The summed E-state index contributed by atoms with van der Waals surface area (Å²) in [6.07, 6.45) is 39.8. The minimum atomic E-state index is -2.67. The van der Waals surface area contributed by atoms with Gasteiger partial charge in [-0.15, -0.1) is 0 Å². The summed E-state index contributed by atoms with van der Waals surface area (Å²) >= 11 is 0. The molecule has 0 aromatic rings. The van der Waals surface area contributed by atoms with Gasteiger partial charge < -0.3 is 14.8 Å². The van der Waals surface area contributed by atoms with Crippen LogP contribution in [0.1, 0.15) is 213 Å². The van der Waals surface area contributed by atoms with Crippen molar-refractivity contribution in [2.24, 2.45) is 4.99 Å². The van der Waals surface area contributed by atoms with Crippen molar-refractivity contribution in [1.82, 2.24) is 10.2 Å². The lowest BCUT2D eigenvalue weighted by atomic mass is 10.2. The van der Waals surface area contributed by atoms with Gasteiger partial charge in [0.2, 0.25) is 5.28 Å². The summed E-state index contributed by atoms with van der Waals surface area (Å²) in [6.45, 7) is 11.1. The smallest absolute Gasteiger partial charge is 0.367 e. The molecule has 0 aromatic carbocycles. The SMILES string of the molecule is C=C(N=C(C)N(CP(=O)(C1CCCCCC1)C1CCCCCC1)C(C)(C)[P+](=O)C1CCCCCC1)NCP(C1CCCCCC1)C1CCCCCC1. The molecule has 0 aliphatic heterocycles. The third-order valence-corrected chi connectivity index (χ3v) is 24.5. The molecule has 298 valence electrons. The van der Waals surface area contributed by atoms with Crippen LogP contribution in [0.2, 0.25) is 0 Å². The van der Waals surface area contributed by atoms with Crippen molar-refractivity contribution < 1.29 is 9.13 Å². The zero-order chi connectivity index (χ0) is 36.8. The van der Waals surface area contributed by atoms with E-state index in [2.05, 4.69) is 37.6 Å². The summed E-state index contributed by atoms with van der Waals surface area (Å²) in [4.78, 5) is 7.66. The molecule has 0 amide bonds. The van der Waals surface area contributed by atoms with E-state index in [1.165, 1.54) is 154 Å². The van der Waals surface area contributed by atoms with E-state index in [4.69, 9.17) is 4.99 Å². The lowest BCUT2D eigenvalue weighted by Gasteiger charge is -2.41. The van der Waals surface area contributed by atoms with Gasteiger partial charge in [0.05, 0.1) is 6.29 Å². The average Bonchev–Trinajstić information content (AvgIpc) is 3.82. The highest BCUT2D eigenvalue weighted by molar-refractivity contribution is 7.65. The largest absolute Gasteiger partial charge is 0.369 e. The standard InChI is InChI=1S/C44H81N3O2P3/c1-37(45-35-50(39-25-15-5-6-16-26-39)40-27-17-7-8-18-28-40)46-38(2)47(44(3,4)51(48)41-29-19-9-10-20-30-41)36-52(49,42-31-21-11-12-22-32-42)43-33-23-13-14-24-34-43/h39-43,45H,1,5-36H2,2-4H3/q+1. The van der Waals surface area contributed by atoms with E-state index in [1.807, 2.05) is 0 Å². The van der Waals surface area contributed by atoms with Crippen LogP contribution in [0.3, 0.4) is 0 Å². The first-order chi connectivity index (χ1) is 25.2. The molecule has 0 aromatic heterocycles. The minimum Gasteiger partial charge on any atom is -0.367 e. The van der Waals surface area contributed by atoms with Crippen LogP contribution < -0.4 is 5.32 Å². The summed E-state index contributed by atoms with van der Waals surface area (Å²) < 4.78 is 31.0. The monoisotopic (exact) mass is 777 g/mol. The second kappa shape index (κ2) is 21.9. The Bertz CT molecular complexity index is 1110. The molecule has 1 atom stereocenters. The van der Waals surface area contributed by atoms with Gasteiger partial charge in [0.1, 0.15) is 18.8 Å². The molecule has 1 unspecified atom stereocenters. The van der Waals surface area contributed by atoms with Gasteiger partial charge in [0, 0.05) is 31.5 Å². The highest BCUT2D eigenvalue weighted by atomic mass is 31.2. The van der Waals surface area contributed by atoms with E-state index < -0.39 is 20.2 Å². The van der Waals surface area contributed by atoms with Gasteiger partial charge in [-0.3, -0.25) is 0 Å². The third-order valence-electron chi connectivity index (χ3n) is 14.3. The zero-order valence-electron chi connectivity index (χ0n) is 34.3. The number of hydrogen-bond donors (Lipinski definition) is 1. The van der Waals surface area contributed by atoms with E-state index >= 15 is 4.57 Å². The first-order valence-corrected chi connectivity index (χ1v) is 27.8. The molecule has 0 bridgehead atoms. The van der Waals surface area contributed by atoms with Crippen molar-refractivity contribution in [3.8, 4) is 0 Å². The van der Waals surface area contributed by atoms with Gasteiger partial charge >= 0.3 is 7.80 Å². The van der Waals surface area contributed by atoms with Crippen molar-refractivity contribution in [2.75, 3.05) is 12.6 Å². The number of nitrogens with zero attached hydrogens (tertiary/aromatic N) is 2. The quantitative estimate of drug-likeness (QED) is 0.0876. The topological polar surface area (TPSA) is 61.8 Å². The fourth-order valence-corrected chi connectivity index (χ4v) is 21.4. The first-order valence-electron chi connectivity index (χ1n) is 22.8. The van der Waals surface area contributed by atoms with E-state index in [0.29, 0.717) is 17.6 Å². The van der Waals surface area contributed by atoms with Gasteiger partial charge in [0.25, 0.3) is 0 Å². The first kappa shape index (κ1) is 42.9. The fraction of sp³-hybridized carbons (Fsp3) is 0.932. The van der Waals surface area contributed by atoms with Crippen LogP contribution >= 0.6 is 22.9 Å². The predicted octanol–water partition coefficient (Wildman–Crippen LogP) is 14.7. The summed E-state index contributed by atoms with van der Waals surface area (Å²) in [5.41, 5.74) is 2.57. The molecular formula is C44H81N3O2P3+. The van der Waals surface area contributed by atoms with Crippen LogP contribution in [0.4, 0.5) is 0 Å². The number of rotatable bonds is 13. The fourth-order valence-electron chi connectivity index (χ4n) is 11.1. The van der Waals surface area contributed by atoms with E-state index in [0.717, 1.165) is 67.8 Å². The minimum absolute atomic E-state index is 0.139. The molecule has 0 radical (unpaired) electrons. The van der Waals surface area contributed by atoms with Gasteiger partial charge in [-0.1, -0.05) is 135 Å².